The van der Waals surface area contributed by atoms with Gasteiger partial charge in [0.15, 0.2) is 0 Å². The van der Waals surface area contributed by atoms with Crippen LogP contribution in [0.1, 0.15) is 33.4 Å². The van der Waals surface area contributed by atoms with Gasteiger partial charge in [-0.1, -0.05) is 64.0 Å². The number of hydrogen-bond acceptors (Lipinski definition) is 4. The maximum absolute atomic E-state index is 4.52. The second-order valence-corrected chi connectivity index (χ2v) is 10.9. The van der Waals surface area contributed by atoms with E-state index in [-0.39, 0.29) is 0 Å². The van der Waals surface area contributed by atoms with Crippen LogP contribution >= 0.6 is 31.9 Å². The van der Waals surface area contributed by atoms with Gasteiger partial charge < -0.3 is 0 Å². The van der Waals surface area contributed by atoms with Gasteiger partial charge in [0.2, 0.25) is 0 Å². The highest BCUT2D eigenvalue weighted by molar-refractivity contribution is 9.10. The summed E-state index contributed by atoms with van der Waals surface area (Å²) >= 11 is 7.52. The van der Waals surface area contributed by atoms with Crippen LogP contribution in [0.3, 0.4) is 0 Å². The fourth-order valence-corrected chi connectivity index (χ4v) is 6.12. The number of nitrogens with zero attached hydrogens (tertiary/aromatic N) is 6. The maximum atomic E-state index is 4.52. The second kappa shape index (κ2) is 9.41. The predicted octanol–water partition coefficient (Wildman–Crippen LogP) is 7.56. The molecule has 0 saturated heterocycles. The second-order valence-electron chi connectivity index (χ2n) is 9.36. The average Bonchev–Trinajstić information content (AvgIpc) is 3.36. The van der Waals surface area contributed by atoms with Crippen molar-refractivity contribution in [1.29, 1.82) is 0 Å². The molecule has 0 amide bonds. The average molecular weight is 606 g/mol. The summed E-state index contributed by atoms with van der Waals surface area (Å²) in [6.07, 6.45) is 0. The van der Waals surface area contributed by atoms with Crippen LogP contribution in [0.2, 0.25) is 0 Å². The van der Waals surface area contributed by atoms with E-state index in [2.05, 4.69) is 124 Å². The molecule has 0 spiro atoms. The van der Waals surface area contributed by atoms with E-state index in [4.69, 9.17) is 0 Å². The summed E-state index contributed by atoms with van der Waals surface area (Å²) in [6.45, 7) is 12.6. The molecule has 0 saturated carbocycles. The number of aryl methyl sites for hydroxylation is 6. The number of rotatable bonds is 4. The highest BCUT2D eigenvalue weighted by atomic mass is 79.9. The zero-order chi connectivity index (χ0) is 25.7. The fourth-order valence-electron chi connectivity index (χ4n) is 5.01. The SMILES string of the molecule is Cc1cc(C)c(-n2nnc(-c3cccc(-c4nnn(-c5c(C)cc(C)cc5C)c4Br)c3)c2Br)c(C)c1. The lowest BCUT2D eigenvalue weighted by Crippen LogP contribution is -2.03. The van der Waals surface area contributed by atoms with E-state index >= 15 is 0 Å². The number of aromatic nitrogens is 6. The zero-order valence-electron chi connectivity index (χ0n) is 21.1. The van der Waals surface area contributed by atoms with Crippen molar-refractivity contribution in [2.45, 2.75) is 41.5 Å². The summed E-state index contributed by atoms with van der Waals surface area (Å²) in [4.78, 5) is 0. The van der Waals surface area contributed by atoms with Crippen molar-refractivity contribution >= 4 is 31.9 Å². The molecule has 182 valence electrons. The van der Waals surface area contributed by atoms with Gasteiger partial charge in [0, 0.05) is 11.1 Å². The Morgan fingerprint density at radius 2 is 0.917 bits per heavy atom. The van der Waals surface area contributed by atoms with Gasteiger partial charge in [0.05, 0.1) is 11.4 Å². The van der Waals surface area contributed by atoms with Gasteiger partial charge in [-0.3, -0.25) is 0 Å². The first kappa shape index (κ1) is 24.6. The molecule has 0 fully saturated rings. The number of benzene rings is 3. The van der Waals surface area contributed by atoms with Crippen molar-refractivity contribution in [2.24, 2.45) is 0 Å². The molecule has 0 aliphatic carbocycles. The van der Waals surface area contributed by atoms with Gasteiger partial charge in [0.25, 0.3) is 0 Å². The zero-order valence-corrected chi connectivity index (χ0v) is 24.2. The van der Waals surface area contributed by atoms with E-state index in [1.54, 1.807) is 0 Å². The maximum Gasteiger partial charge on any atom is 0.138 e. The van der Waals surface area contributed by atoms with Crippen LogP contribution in [0.5, 0.6) is 0 Å². The van der Waals surface area contributed by atoms with Crippen molar-refractivity contribution in [3.05, 3.63) is 91.1 Å². The lowest BCUT2D eigenvalue weighted by Gasteiger charge is -2.12. The molecule has 36 heavy (non-hydrogen) atoms. The van der Waals surface area contributed by atoms with E-state index in [1.165, 1.54) is 11.1 Å². The van der Waals surface area contributed by atoms with Crippen LogP contribution in [0.4, 0.5) is 0 Å². The van der Waals surface area contributed by atoms with Crippen LogP contribution in [0.15, 0.2) is 57.7 Å². The Morgan fingerprint density at radius 3 is 1.28 bits per heavy atom. The lowest BCUT2D eigenvalue weighted by atomic mass is 10.0. The third-order valence-corrected chi connectivity index (χ3v) is 7.76. The Kier molecular flexibility index (Phi) is 6.43. The summed E-state index contributed by atoms with van der Waals surface area (Å²) in [6, 6.07) is 16.8. The molecule has 0 radical (unpaired) electrons. The monoisotopic (exact) mass is 604 g/mol. The molecule has 2 heterocycles. The van der Waals surface area contributed by atoms with Gasteiger partial charge in [-0.15, -0.1) is 10.2 Å². The third-order valence-electron chi connectivity index (χ3n) is 6.33. The molecule has 0 unspecified atom stereocenters. The Labute approximate surface area is 227 Å². The number of halogens is 2. The molecule has 0 bridgehead atoms. The molecule has 5 aromatic rings. The van der Waals surface area contributed by atoms with Crippen LogP contribution in [0, 0.1) is 41.5 Å². The molecule has 0 aliphatic rings. The molecule has 0 aliphatic heterocycles. The summed E-state index contributed by atoms with van der Waals surface area (Å²) in [5.74, 6) is 0. The minimum Gasteiger partial charge on any atom is -0.205 e. The molecule has 5 rings (SSSR count). The molecule has 6 nitrogen and oxygen atoms in total. The van der Waals surface area contributed by atoms with Crippen molar-refractivity contribution in [3.8, 4) is 33.9 Å². The highest BCUT2D eigenvalue weighted by Crippen LogP contribution is 2.35. The standard InChI is InChI=1S/C28H26Br2N6/c1-15-10-17(3)25(18(4)11-15)35-27(29)23(31-33-35)21-8-7-9-22(14-21)24-28(30)36(34-32-24)26-19(5)12-16(2)13-20(26)6/h7-14H,1-6H3. The number of hydrogen-bond donors (Lipinski definition) is 0. The van der Waals surface area contributed by atoms with Crippen LogP contribution in [-0.4, -0.2) is 30.0 Å². The van der Waals surface area contributed by atoms with E-state index in [0.717, 1.165) is 65.3 Å². The van der Waals surface area contributed by atoms with Gasteiger partial charge in [-0.25, -0.2) is 9.36 Å². The van der Waals surface area contributed by atoms with E-state index in [9.17, 15) is 0 Å². The topological polar surface area (TPSA) is 61.4 Å². The first-order valence-corrected chi connectivity index (χ1v) is 13.2. The lowest BCUT2D eigenvalue weighted by molar-refractivity contribution is 0.782. The minimum absolute atomic E-state index is 0.768. The molecule has 0 atom stereocenters. The molecule has 2 aromatic heterocycles. The third kappa shape index (κ3) is 4.22. The van der Waals surface area contributed by atoms with Gasteiger partial charge in [0.1, 0.15) is 20.6 Å². The largest absolute Gasteiger partial charge is 0.205 e. The van der Waals surface area contributed by atoms with Crippen LogP contribution < -0.4 is 0 Å². The Morgan fingerprint density at radius 1 is 0.556 bits per heavy atom. The summed E-state index contributed by atoms with van der Waals surface area (Å²) in [5, 5.41) is 18.0. The fraction of sp³-hybridized carbons (Fsp3) is 0.214. The van der Waals surface area contributed by atoms with Crippen LogP contribution in [0.25, 0.3) is 33.9 Å². The quantitative estimate of drug-likeness (QED) is 0.212. The Bertz CT molecular complexity index is 1470. The van der Waals surface area contributed by atoms with Crippen molar-refractivity contribution in [1.82, 2.24) is 30.0 Å². The summed E-state index contributed by atoms with van der Waals surface area (Å²) in [5.41, 5.74) is 12.6. The highest BCUT2D eigenvalue weighted by Gasteiger charge is 2.20. The normalized spacial score (nSPS) is 11.3. The minimum atomic E-state index is 0.768. The summed E-state index contributed by atoms with van der Waals surface area (Å²) < 4.78 is 5.34. The van der Waals surface area contributed by atoms with E-state index in [0.29, 0.717) is 0 Å². The molecular weight excluding hydrogens is 580 g/mol. The predicted molar refractivity (Wildman–Crippen MR) is 151 cm³/mol. The van der Waals surface area contributed by atoms with Crippen molar-refractivity contribution in [2.75, 3.05) is 0 Å². The van der Waals surface area contributed by atoms with Gasteiger partial charge in [-0.2, -0.15) is 0 Å². The van der Waals surface area contributed by atoms with Gasteiger partial charge in [-0.05, 0) is 102 Å². The first-order valence-electron chi connectivity index (χ1n) is 11.7. The molecule has 3 aromatic carbocycles. The first-order chi connectivity index (χ1) is 17.2. The summed E-state index contributed by atoms with van der Waals surface area (Å²) in [7, 11) is 0. The van der Waals surface area contributed by atoms with E-state index in [1.807, 2.05) is 27.6 Å². The van der Waals surface area contributed by atoms with Gasteiger partial charge >= 0.3 is 0 Å². The molecule has 8 heteroatoms. The molecular formula is C28H26Br2N6. The van der Waals surface area contributed by atoms with Crippen LogP contribution in [-0.2, 0) is 0 Å². The Hall–Kier alpha value is -3.10. The van der Waals surface area contributed by atoms with Crippen molar-refractivity contribution < 1.29 is 0 Å². The Balaban J connectivity index is 1.56. The molecule has 0 N–H and O–H groups in total. The van der Waals surface area contributed by atoms with E-state index < -0.39 is 0 Å². The van der Waals surface area contributed by atoms with Crippen molar-refractivity contribution in [3.63, 3.8) is 0 Å². The smallest absolute Gasteiger partial charge is 0.138 e.